The molecule has 0 unspecified atom stereocenters. The Balaban J connectivity index is 2.29. The van der Waals surface area contributed by atoms with Gasteiger partial charge in [-0.1, -0.05) is 65.1 Å². The number of nitriles is 4. The first-order valence-corrected chi connectivity index (χ1v) is 11.7. The van der Waals surface area contributed by atoms with Crippen molar-refractivity contribution in [2.24, 2.45) is 0 Å². The zero-order valence-corrected chi connectivity index (χ0v) is 20.3. The van der Waals surface area contributed by atoms with Gasteiger partial charge in [0.25, 0.3) is 0 Å². The van der Waals surface area contributed by atoms with Crippen LogP contribution in [0, 0.1) is 45.3 Å². The van der Waals surface area contributed by atoms with Crippen LogP contribution in [0.1, 0.15) is 23.6 Å². The molecule has 0 N–H and O–H groups in total. The molecule has 2 aromatic carbocycles. The van der Waals surface area contributed by atoms with Gasteiger partial charge in [-0.15, -0.1) is 0 Å². The van der Waals surface area contributed by atoms with Crippen LogP contribution in [0.2, 0.25) is 0 Å². The zero-order valence-electron chi connectivity index (χ0n) is 18.2. The summed E-state index contributed by atoms with van der Waals surface area (Å²) in [5, 5.41) is 39.4. The van der Waals surface area contributed by atoms with Gasteiger partial charge >= 0.3 is 0 Å². The van der Waals surface area contributed by atoms with Crippen LogP contribution in [0.25, 0.3) is 16.7 Å². The summed E-state index contributed by atoms with van der Waals surface area (Å²) in [5.74, 6) is 0. The molecule has 0 aromatic heterocycles. The van der Waals surface area contributed by atoms with E-state index in [0.29, 0.717) is 27.8 Å². The summed E-state index contributed by atoms with van der Waals surface area (Å²) < 4.78 is 1.92. The van der Waals surface area contributed by atoms with Gasteiger partial charge in [0.15, 0.2) is 0 Å². The van der Waals surface area contributed by atoms with Crippen molar-refractivity contribution >= 4 is 45.0 Å². The van der Waals surface area contributed by atoms with E-state index in [2.05, 4.69) is 34.4 Å². The molecule has 1 aliphatic heterocycles. The number of para-hydroxylation sites is 1. The topological polar surface area (TPSA) is 98.4 Å². The van der Waals surface area contributed by atoms with Crippen molar-refractivity contribution in [1.82, 2.24) is 0 Å². The lowest BCUT2D eigenvalue weighted by Gasteiger charge is -2.32. The summed E-state index contributed by atoms with van der Waals surface area (Å²) in [7, 11) is 0. The van der Waals surface area contributed by atoms with Crippen LogP contribution in [0.15, 0.2) is 87.2 Å². The Labute approximate surface area is 211 Å². The summed E-state index contributed by atoms with van der Waals surface area (Å²) in [4.78, 5) is 2.18. The molecule has 34 heavy (non-hydrogen) atoms. The highest BCUT2D eigenvalue weighted by Crippen LogP contribution is 2.53. The Kier molecular flexibility index (Phi) is 6.46. The summed E-state index contributed by atoms with van der Waals surface area (Å²) in [6.45, 7) is 2.81. The Hall–Kier alpha value is -4.37. The van der Waals surface area contributed by atoms with E-state index in [-0.39, 0.29) is 11.1 Å². The minimum absolute atomic E-state index is 0.0602. The Morgan fingerprint density at radius 3 is 1.79 bits per heavy atom. The number of benzene rings is 2. The third-order valence-corrected chi connectivity index (χ3v) is 6.18. The van der Waals surface area contributed by atoms with Crippen molar-refractivity contribution in [2.45, 2.75) is 6.92 Å². The fourth-order valence-corrected chi connectivity index (χ4v) is 4.89. The zero-order chi connectivity index (χ0) is 24.2. The molecule has 1 heterocycles. The molecule has 0 atom stereocenters. The van der Waals surface area contributed by atoms with E-state index < -0.39 is 0 Å². The lowest BCUT2D eigenvalue weighted by Crippen LogP contribution is -2.25. The molecule has 6 heteroatoms. The first kappa shape index (κ1) is 22.8. The molecule has 0 amide bonds. The second-order valence-electron chi connectivity index (χ2n) is 7.40. The number of fused-ring (bicyclic) bond motifs is 2. The number of hydrogen-bond acceptors (Lipinski definition) is 5. The maximum absolute atomic E-state index is 9.84. The molecule has 0 bridgehead atoms. The Morgan fingerprint density at radius 2 is 1.32 bits per heavy atom. The minimum atomic E-state index is -0.0602. The first-order chi connectivity index (χ1) is 16.6. The molecule has 4 rings (SSSR count). The van der Waals surface area contributed by atoms with Crippen molar-refractivity contribution in [2.75, 3.05) is 11.4 Å². The van der Waals surface area contributed by atoms with Gasteiger partial charge in [0, 0.05) is 40.2 Å². The Morgan fingerprint density at radius 1 is 0.824 bits per heavy atom. The van der Waals surface area contributed by atoms with Crippen LogP contribution in [0.4, 0.5) is 5.69 Å². The third-order valence-electron chi connectivity index (χ3n) is 5.82. The molecule has 2 aliphatic rings. The number of rotatable bonds is 2. The summed E-state index contributed by atoms with van der Waals surface area (Å²) >= 11 is 2.17. The highest BCUT2D eigenvalue weighted by molar-refractivity contribution is 14.1. The van der Waals surface area contributed by atoms with E-state index in [9.17, 15) is 21.0 Å². The molecule has 0 saturated carbocycles. The quantitative estimate of drug-likeness (QED) is 0.318. The van der Waals surface area contributed by atoms with Gasteiger partial charge in [0.1, 0.15) is 35.4 Å². The largest absolute Gasteiger partial charge is 0.341 e. The van der Waals surface area contributed by atoms with Gasteiger partial charge in [-0.05, 0) is 45.9 Å². The van der Waals surface area contributed by atoms with Gasteiger partial charge in [0.2, 0.25) is 0 Å². The second kappa shape index (κ2) is 9.63. The fraction of sp³-hybridized carbons (Fsp3) is 0.0714. The summed E-state index contributed by atoms with van der Waals surface area (Å²) in [5.41, 5.74) is 6.22. The molecule has 160 valence electrons. The number of halogens is 1. The molecular formula is C28H16IN5. The van der Waals surface area contributed by atoms with Crippen molar-refractivity contribution in [3.63, 3.8) is 0 Å². The molecule has 0 saturated heterocycles. The molecule has 2 aromatic rings. The maximum atomic E-state index is 9.84. The van der Waals surface area contributed by atoms with E-state index >= 15 is 0 Å². The molecule has 5 nitrogen and oxygen atoms in total. The van der Waals surface area contributed by atoms with Crippen molar-refractivity contribution in [1.29, 1.82) is 21.0 Å². The van der Waals surface area contributed by atoms with E-state index in [1.54, 1.807) is 0 Å². The second-order valence-corrected chi connectivity index (χ2v) is 8.12. The average Bonchev–Trinajstić information content (AvgIpc) is 3.20. The lowest BCUT2D eigenvalue weighted by atomic mass is 9.86. The van der Waals surface area contributed by atoms with Crippen molar-refractivity contribution in [3.05, 3.63) is 104 Å². The van der Waals surface area contributed by atoms with E-state index in [0.717, 1.165) is 29.1 Å². The first-order valence-electron chi connectivity index (χ1n) is 10.4. The van der Waals surface area contributed by atoms with Gasteiger partial charge in [-0.2, -0.15) is 21.0 Å². The third kappa shape index (κ3) is 3.52. The highest BCUT2D eigenvalue weighted by Gasteiger charge is 2.35. The van der Waals surface area contributed by atoms with Crippen LogP contribution in [0.3, 0.4) is 0 Å². The van der Waals surface area contributed by atoms with E-state index in [1.165, 1.54) is 0 Å². The SMILES string of the molecule is CCN1C(/C=C/I)=CC(=C2C(=C(C#N)C#N)c3ccccc3C2=C(C#N)C#N)c2ccccc21. The van der Waals surface area contributed by atoms with Crippen LogP contribution in [0.5, 0.6) is 0 Å². The van der Waals surface area contributed by atoms with E-state index in [4.69, 9.17) is 0 Å². The van der Waals surface area contributed by atoms with Crippen molar-refractivity contribution < 1.29 is 0 Å². The number of allylic oxidation sites excluding steroid dienone is 8. The summed E-state index contributed by atoms with van der Waals surface area (Å²) in [6.07, 6.45) is 3.99. The fourth-order valence-electron chi connectivity index (χ4n) is 4.52. The van der Waals surface area contributed by atoms with E-state index in [1.807, 2.05) is 89.0 Å². The maximum Gasteiger partial charge on any atom is 0.138 e. The molecule has 0 fully saturated rings. The number of hydrogen-bond donors (Lipinski definition) is 0. The van der Waals surface area contributed by atoms with Gasteiger partial charge < -0.3 is 4.90 Å². The minimum Gasteiger partial charge on any atom is -0.341 e. The monoisotopic (exact) mass is 549 g/mol. The van der Waals surface area contributed by atoms with Gasteiger partial charge in [-0.25, -0.2) is 0 Å². The van der Waals surface area contributed by atoms with Gasteiger partial charge in [0.05, 0.1) is 0 Å². The highest BCUT2D eigenvalue weighted by atomic mass is 127. The normalized spacial score (nSPS) is 13.9. The average molecular weight is 549 g/mol. The van der Waals surface area contributed by atoms with Crippen LogP contribution in [-0.4, -0.2) is 6.54 Å². The smallest absolute Gasteiger partial charge is 0.138 e. The Bertz CT molecular complexity index is 1440. The number of likely N-dealkylation sites (N-methyl/N-ethyl adjacent to an activating group) is 1. The number of nitrogens with zero attached hydrogens (tertiary/aromatic N) is 5. The van der Waals surface area contributed by atoms with Crippen LogP contribution in [-0.2, 0) is 0 Å². The van der Waals surface area contributed by atoms with Gasteiger partial charge in [-0.3, -0.25) is 0 Å². The van der Waals surface area contributed by atoms with Crippen LogP contribution >= 0.6 is 22.6 Å². The number of anilines is 1. The molecule has 1 aliphatic carbocycles. The molecule has 0 radical (unpaired) electrons. The molecular weight excluding hydrogens is 533 g/mol. The predicted octanol–water partition coefficient (Wildman–Crippen LogP) is 6.43. The van der Waals surface area contributed by atoms with Crippen LogP contribution < -0.4 is 4.90 Å². The summed E-state index contributed by atoms with van der Waals surface area (Å²) in [6, 6.07) is 23.3. The standard InChI is InChI=1S/C28H16IN5/c1-2-34-20(11-12-29)13-24(21-7-5-6-10-25(21)34)28-26(18(14-30)15-31)22-8-3-4-9-23(22)27(28)19(16-32)17-33/h3-13H,2H2,1H3/b12-11+. The molecule has 0 spiro atoms. The van der Waals surface area contributed by atoms with Crippen molar-refractivity contribution in [3.8, 4) is 24.3 Å². The predicted molar refractivity (Wildman–Crippen MR) is 140 cm³/mol. The lowest BCUT2D eigenvalue weighted by molar-refractivity contribution is 0.969.